The number of rotatable bonds is 5. The highest BCUT2D eigenvalue weighted by molar-refractivity contribution is 5.94. The zero-order valence-electron chi connectivity index (χ0n) is 15.9. The number of carbonyl (C=O) groups excluding carboxylic acids is 2. The van der Waals surface area contributed by atoms with Gasteiger partial charge in [-0.15, -0.1) is 5.10 Å². The minimum absolute atomic E-state index is 0.0219. The molecule has 2 heterocycles. The SMILES string of the molecule is O=C(Cn1nnc2ccccc2c1=O)NCc1cccc(C(=O)N2CCCC2)c1. The van der Waals surface area contributed by atoms with Gasteiger partial charge in [0.25, 0.3) is 11.5 Å². The molecule has 1 N–H and O–H groups in total. The fourth-order valence-corrected chi connectivity index (χ4v) is 3.44. The molecule has 8 heteroatoms. The lowest BCUT2D eigenvalue weighted by molar-refractivity contribution is -0.122. The number of benzene rings is 2. The van der Waals surface area contributed by atoms with Gasteiger partial charge in [-0.25, -0.2) is 4.68 Å². The molecule has 2 aromatic carbocycles. The summed E-state index contributed by atoms with van der Waals surface area (Å²) in [4.78, 5) is 39.1. The van der Waals surface area contributed by atoms with Crippen LogP contribution in [0.4, 0.5) is 0 Å². The summed E-state index contributed by atoms with van der Waals surface area (Å²) >= 11 is 0. The second-order valence-corrected chi connectivity index (χ2v) is 7.05. The van der Waals surface area contributed by atoms with E-state index in [0.717, 1.165) is 36.2 Å². The lowest BCUT2D eigenvalue weighted by atomic mass is 10.1. The van der Waals surface area contributed by atoms with Crippen molar-refractivity contribution in [2.75, 3.05) is 13.1 Å². The molecule has 1 saturated heterocycles. The largest absolute Gasteiger partial charge is 0.350 e. The Labute approximate surface area is 167 Å². The summed E-state index contributed by atoms with van der Waals surface area (Å²) < 4.78 is 1.05. The lowest BCUT2D eigenvalue weighted by Crippen LogP contribution is -2.34. The summed E-state index contributed by atoms with van der Waals surface area (Å²) in [6.07, 6.45) is 2.08. The maximum absolute atomic E-state index is 12.5. The van der Waals surface area contributed by atoms with Gasteiger partial charge in [0, 0.05) is 25.2 Å². The number of hydrogen-bond acceptors (Lipinski definition) is 5. The van der Waals surface area contributed by atoms with Gasteiger partial charge in [0.05, 0.1) is 5.39 Å². The van der Waals surface area contributed by atoms with E-state index in [-0.39, 0.29) is 30.5 Å². The van der Waals surface area contributed by atoms with E-state index in [4.69, 9.17) is 0 Å². The van der Waals surface area contributed by atoms with Gasteiger partial charge >= 0.3 is 0 Å². The van der Waals surface area contributed by atoms with Gasteiger partial charge in [-0.1, -0.05) is 29.5 Å². The predicted octanol–water partition coefficient (Wildman–Crippen LogP) is 1.34. The number of amides is 2. The third-order valence-corrected chi connectivity index (χ3v) is 4.98. The number of likely N-dealkylation sites (tertiary alicyclic amines) is 1. The van der Waals surface area contributed by atoms with Crippen LogP contribution in [-0.4, -0.2) is 44.8 Å². The molecule has 1 aliphatic rings. The first-order valence-electron chi connectivity index (χ1n) is 9.59. The molecule has 0 spiro atoms. The molecule has 0 saturated carbocycles. The number of fused-ring (bicyclic) bond motifs is 1. The van der Waals surface area contributed by atoms with Crippen LogP contribution in [-0.2, 0) is 17.9 Å². The molecule has 1 aliphatic heterocycles. The van der Waals surface area contributed by atoms with E-state index >= 15 is 0 Å². The highest BCUT2D eigenvalue weighted by atomic mass is 16.2. The van der Waals surface area contributed by atoms with Crippen molar-refractivity contribution in [3.05, 3.63) is 70.0 Å². The van der Waals surface area contributed by atoms with Gasteiger partial charge in [-0.2, -0.15) is 0 Å². The molecular formula is C21H21N5O3. The summed E-state index contributed by atoms with van der Waals surface area (Å²) in [5, 5.41) is 11.0. The molecule has 0 unspecified atom stereocenters. The zero-order valence-corrected chi connectivity index (χ0v) is 15.9. The Bertz CT molecular complexity index is 1120. The number of aromatic nitrogens is 3. The van der Waals surface area contributed by atoms with E-state index in [9.17, 15) is 14.4 Å². The number of hydrogen-bond donors (Lipinski definition) is 1. The molecule has 2 amide bonds. The predicted molar refractivity (Wildman–Crippen MR) is 107 cm³/mol. The Balaban J connectivity index is 1.40. The van der Waals surface area contributed by atoms with Gasteiger partial charge < -0.3 is 10.2 Å². The molecule has 0 atom stereocenters. The quantitative estimate of drug-likeness (QED) is 0.708. The first-order chi connectivity index (χ1) is 14.1. The maximum Gasteiger partial charge on any atom is 0.278 e. The van der Waals surface area contributed by atoms with Gasteiger partial charge in [0.15, 0.2) is 0 Å². The summed E-state index contributed by atoms with van der Waals surface area (Å²) in [5.74, 6) is -0.332. The Morgan fingerprint density at radius 3 is 2.66 bits per heavy atom. The monoisotopic (exact) mass is 391 g/mol. The van der Waals surface area contributed by atoms with Gasteiger partial charge in [0.1, 0.15) is 12.1 Å². The van der Waals surface area contributed by atoms with E-state index < -0.39 is 0 Å². The summed E-state index contributed by atoms with van der Waals surface area (Å²) in [6, 6.07) is 14.1. The lowest BCUT2D eigenvalue weighted by Gasteiger charge is -2.15. The van der Waals surface area contributed by atoms with Crippen molar-refractivity contribution < 1.29 is 9.59 Å². The average Bonchev–Trinajstić information content (AvgIpc) is 3.29. The third-order valence-electron chi connectivity index (χ3n) is 4.98. The number of carbonyl (C=O) groups is 2. The van der Waals surface area contributed by atoms with Crippen LogP contribution in [0.15, 0.2) is 53.3 Å². The van der Waals surface area contributed by atoms with Crippen molar-refractivity contribution >= 4 is 22.7 Å². The molecule has 0 bridgehead atoms. The van der Waals surface area contributed by atoms with Crippen LogP contribution >= 0.6 is 0 Å². The minimum Gasteiger partial charge on any atom is -0.350 e. The molecule has 8 nitrogen and oxygen atoms in total. The van der Waals surface area contributed by atoms with Crippen LogP contribution in [0.3, 0.4) is 0 Å². The number of nitrogens with zero attached hydrogens (tertiary/aromatic N) is 4. The van der Waals surface area contributed by atoms with Crippen molar-refractivity contribution in [3.63, 3.8) is 0 Å². The molecule has 4 rings (SSSR count). The van der Waals surface area contributed by atoms with E-state index in [1.807, 2.05) is 17.0 Å². The van der Waals surface area contributed by atoms with Crippen LogP contribution in [0.1, 0.15) is 28.8 Å². The Hall–Kier alpha value is -3.55. The molecule has 1 fully saturated rings. The molecule has 1 aromatic heterocycles. The maximum atomic E-state index is 12.5. The Morgan fingerprint density at radius 2 is 1.83 bits per heavy atom. The molecule has 29 heavy (non-hydrogen) atoms. The summed E-state index contributed by atoms with van der Waals surface area (Å²) in [5.41, 5.74) is 1.58. The fourth-order valence-electron chi connectivity index (χ4n) is 3.44. The van der Waals surface area contributed by atoms with Crippen LogP contribution in [0, 0.1) is 0 Å². The van der Waals surface area contributed by atoms with Gasteiger partial charge in [0.2, 0.25) is 5.91 Å². The van der Waals surface area contributed by atoms with Crippen LogP contribution in [0.2, 0.25) is 0 Å². The van der Waals surface area contributed by atoms with E-state index in [1.165, 1.54) is 0 Å². The van der Waals surface area contributed by atoms with Crippen LogP contribution in [0.5, 0.6) is 0 Å². The number of nitrogens with one attached hydrogen (secondary N) is 1. The van der Waals surface area contributed by atoms with E-state index in [0.29, 0.717) is 16.5 Å². The zero-order chi connectivity index (χ0) is 20.2. The third kappa shape index (κ3) is 4.16. The molecular weight excluding hydrogens is 370 g/mol. The van der Waals surface area contributed by atoms with Crippen molar-refractivity contribution in [2.45, 2.75) is 25.9 Å². The highest BCUT2D eigenvalue weighted by Gasteiger charge is 2.19. The molecule has 3 aromatic rings. The smallest absolute Gasteiger partial charge is 0.278 e. The Morgan fingerprint density at radius 1 is 1.03 bits per heavy atom. The van der Waals surface area contributed by atoms with Crippen molar-refractivity contribution in [2.24, 2.45) is 0 Å². The van der Waals surface area contributed by atoms with Crippen LogP contribution in [0.25, 0.3) is 10.9 Å². The summed E-state index contributed by atoms with van der Waals surface area (Å²) in [7, 11) is 0. The fraction of sp³-hybridized carbons (Fsp3) is 0.286. The van der Waals surface area contributed by atoms with Crippen molar-refractivity contribution in [1.29, 1.82) is 0 Å². The first kappa shape index (κ1) is 18.8. The van der Waals surface area contributed by atoms with Crippen molar-refractivity contribution in [3.8, 4) is 0 Å². The van der Waals surface area contributed by atoms with Gasteiger partial charge in [-0.05, 0) is 42.7 Å². The molecule has 0 aliphatic carbocycles. The molecule has 0 radical (unpaired) electrons. The molecule has 148 valence electrons. The van der Waals surface area contributed by atoms with Crippen LogP contribution < -0.4 is 10.9 Å². The minimum atomic E-state index is -0.357. The first-order valence-corrected chi connectivity index (χ1v) is 9.59. The highest BCUT2D eigenvalue weighted by Crippen LogP contribution is 2.14. The average molecular weight is 391 g/mol. The Kier molecular flexibility index (Phi) is 5.33. The topological polar surface area (TPSA) is 97.2 Å². The second kappa shape index (κ2) is 8.22. The van der Waals surface area contributed by atoms with Gasteiger partial charge in [-0.3, -0.25) is 14.4 Å². The van der Waals surface area contributed by atoms with E-state index in [2.05, 4.69) is 15.6 Å². The van der Waals surface area contributed by atoms with E-state index in [1.54, 1.807) is 36.4 Å². The van der Waals surface area contributed by atoms with Crippen molar-refractivity contribution in [1.82, 2.24) is 25.2 Å². The normalized spacial score (nSPS) is 13.6. The standard InChI is InChI=1S/C21H21N5O3/c27-19(14-26-21(29)17-8-1-2-9-18(17)23-24-26)22-13-15-6-5-7-16(12-15)20(28)25-10-3-4-11-25/h1-2,5-9,12H,3-4,10-11,13-14H2,(H,22,27). The second-order valence-electron chi connectivity index (χ2n) is 7.05. The summed E-state index contributed by atoms with van der Waals surface area (Å²) in [6.45, 7) is 1.63.